The lowest BCUT2D eigenvalue weighted by molar-refractivity contribution is 0.195. The Balaban J connectivity index is 1.99. The second-order valence-electron chi connectivity index (χ2n) is 4.95. The van der Waals surface area contributed by atoms with E-state index in [1.807, 2.05) is 12.1 Å². The summed E-state index contributed by atoms with van der Waals surface area (Å²) in [4.78, 5) is 2.20. The molecule has 1 aliphatic rings. The van der Waals surface area contributed by atoms with Gasteiger partial charge in [0.15, 0.2) is 0 Å². The van der Waals surface area contributed by atoms with Gasteiger partial charge < -0.3 is 15.1 Å². The number of aliphatic hydroxyl groups excluding tert-OH is 1. The van der Waals surface area contributed by atoms with Gasteiger partial charge in [-0.25, -0.2) is 0 Å². The largest absolute Gasteiger partial charge is 0.507 e. The van der Waals surface area contributed by atoms with Crippen LogP contribution in [0, 0.1) is 0 Å². The van der Waals surface area contributed by atoms with Crippen LogP contribution in [-0.4, -0.2) is 16.8 Å². The van der Waals surface area contributed by atoms with Crippen molar-refractivity contribution in [3.05, 3.63) is 53.6 Å². The summed E-state index contributed by atoms with van der Waals surface area (Å²) in [5, 5.41) is 19.5. The molecule has 0 saturated carbocycles. The van der Waals surface area contributed by atoms with Crippen LogP contribution in [0.15, 0.2) is 42.5 Å². The fraction of sp³-hybridized carbons (Fsp3) is 0.250. The highest BCUT2D eigenvalue weighted by Crippen LogP contribution is 2.37. The molecule has 0 saturated heterocycles. The number of para-hydroxylation sites is 1. The Kier molecular flexibility index (Phi) is 2.91. The highest BCUT2D eigenvalue weighted by molar-refractivity contribution is 5.71. The van der Waals surface area contributed by atoms with Gasteiger partial charge in [0.2, 0.25) is 0 Å². The van der Waals surface area contributed by atoms with Crippen molar-refractivity contribution in [2.45, 2.75) is 19.4 Å². The third kappa shape index (κ3) is 2.06. The van der Waals surface area contributed by atoms with E-state index in [0.29, 0.717) is 5.56 Å². The molecule has 3 rings (SSSR count). The highest BCUT2D eigenvalue weighted by atomic mass is 16.3. The van der Waals surface area contributed by atoms with Crippen molar-refractivity contribution in [3.8, 4) is 5.75 Å². The first-order chi connectivity index (χ1) is 9.16. The Hall–Kier alpha value is -2.00. The highest BCUT2D eigenvalue weighted by Gasteiger charge is 2.20. The minimum absolute atomic E-state index is 0.150. The van der Waals surface area contributed by atoms with Crippen molar-refractivity contribution in [1.29, 1.82) is 0 Å². The molecule has 0 fully saturated rings. The van der Waals surface area contributed by atoms with Gasteiger partial charge >= 0.3 is 0 Å². The second kappa shape index (κ2) is 4.59. The number of phenols is 1. The van der Waals surface area contributed by atoms with Crippen LogP contribution in [0.5, 0.6) is 5.75 Å². The van der Waals surface area contributed by atoms with Gasteiger partial charge in [-0.2, -0.15) is 0 Å². The summed E-state index contributed by atoms with van der Waals surface area (Å²) in [5.74, 6) is 0.150. The number of hydrogen-bond donors (Lipinski definition) is 2. The SMILES string of the molecule is CC(O)c1ccc(N2CCc3ccccc32)cc1O. The fourth-order valence-corrected chi connectivity index (χ4v) is 2.66. The summed E-state index contributed by atoms with van der Waals surface area (Å²) in [7, 11) is 0. The molecular weight excluding hydrogens is 238 g/mol. The molecule has 1 heterocycles. The molecule has 1 aliphatic heterocycles. The minimum atomic E-state index is -0.653. The van der Waals surface area contributed by atoms with Gasteiger partial charge in [0.1, 0.15) is 5.75 Å². The molecule has 0 aliphatic carbocycles. The zero-order valence-corrected chi connectivity index (χ0v) is 10.9. The monoisotopic (exact) mass is 255 g/mol. The Morgan fingerprint density at radius 2 is 1.95 bits per heavy atom. The molecule has 98 valence electrons. The predicted octanol–water partition coefficient (Wildman–Crippen LogP) is 3.14. The molecule has 2 aromatic rings. The topological polar surface area (TPSA) is 43.7 Å². The van der Waals surface area contributed by atoms with E-state index in [9.17, 15) is 10.2 Å². The lowest BCUT2D eigenvalue weighted by atomic mass is 10.1. The molecule has 0 radical (unpaired) electrons. The quantitative estimate of drug-likeness (QED) is 0.866. The number of fused-ring (bicyclic) bond motifs is 1. The van der Waals surface area contributed by atoms with Crippen LogP contribution in [0.25, 0.3) is 0 Å². The molecule has 0 bridgehead atoms. The van der Waals surface area contributed by atoms with E-state index in [-0.39, 0.29) is 5.75 Å². The van der Waals surface area contributed by atoms with E-state index in [4.69, 9.17) is 0 Å². The molecular formula is C16H17NO2. The van der Waals surface area contributed by atoms with Crippen LogP contribution >= 0.6 is 0 Å². The van der Waals surface area contributed by atoms with E-state index < -0.39 is 6.10 Å². The van der Waals surface area contributed by atoms with Gasteiger partial charge in [0.25, 0.3) is 0 Å². The van der Waals surface area contributed by atoms with Crippen LogP contribution in [0.1, 0.15) is 24.2 Å². The molecule has 3 heteroatoms. The standard InChI is InChI=1S/C16H17NO2/c1-11(18)14-7-6-13(10-16(14)19)17-9-8-12-4-2-3-5-15(12)17/h2-7,10-11,18-19H,8-9H2,1H3. The average molecular weight is 255 g/mol. The first-order valence-electron chi connectivity index (χ1n) is 6.53. The maximum Gasteiger partial charge on any atom is 0.123 e. The van der Waals surface area contributed by atoms with E-state index in [1.165, 1.54) is 11.3 Å². The average Bonchev–Trinajstić information content (AvgIpc) is 2.82. The summed E-state index contributed by atoms with van der Waals surface area (Å²) in [6.07, 6.45) is 0.370. The van der Waals surface area contributed by atoms with E-state index in [1.54, 1.807) is 19.1 Å². The van der Waals surface area contributed by atoms with Gasteiger partial charge in [-0.05, 0) is 31.0 Å². The Morgan fingerprint density at radius 1 is 1.16 bits per heavy atom. The zero-order valence-electron chi connectivity index (χ0n) is 10.9. The number of anilines is 2. The van der Waals surface area contributed by atoms with E-state index in [2.05, 4.69) is 23.1 Å². The second-order valence-corrected chi connectivity index (χ2v) is 4.95. The number of aliphatic hydroxyl groups is 1. The molecule has 1 atom stereocenters. The van der Waals surface area contributed by atoms with Crippen LogP contribution < -0.4 is 4.90 Å². The molecule has 0 spiro atoms. The Bertz CT molecular complexity index is 607. The number of hydrogen-bond acceptors (Lipinski definition) is 3. The maximum atomic E-state index is 9.98. The minimum Gasteiger partial charge on any atom is -0.507 e. The lowest BCUT2D eigenvalue weighted by Crippen LogP contribution is -2.13. The number of benzene rings is 2. The Morgan fingerprint density at radius 3 is 2.68 bits per heavy atom. The summed E-state index contributed by atoms with van der Waals surface area (Å²) in [5.41, 5.74) is 4.07. The van der Waals surface area contributed by atoms with Crippen molar-refractivity contribution in [2.75, 3.05) is 11.4 Å². The van der Waals surface area contributed by atoms with Crippen molar-refractivity contribution >= 4 is 11.4 Å². The maximum absolute atomic E-state index is 9.98. The van der Waals surface area contributed by atoms with E-state index in [0.717, 1.165) is 18.7 Å². The molecule has 1 unspecified atom stereocenters. The molecule has 19 heavy (non-hydrogen) atoms. The van der Waals surface area contributed by atoms with E-state index >= 15 is 0 Å². The van der Waals surface area contributed by atoms with Crippen LogP contribution in [-0.2, 0) is 6.42 Å². The fourth-order valence-electron chi connectivity index (χ4n) is 2.66. The number of aromatic hydroxyl groups is 1. The molecule has 0 amide bonds. The third-order valence-corrected chi connectivity index (χ3v) is 3.66. The summed E-state index contributed by atoms with van der Waals surface area (Å²) in [6.45, 7) is 2.58. The van der Waals surface area contributed by atoms with Gasteiger partial charge in [-0.1, -0.05) is 24.3 Å². The lowest BCUT2D eigenvalue weighted by Gasteiger charge is -2.20. The molecule has 2 N–H and O–H groups in total. The van der Waals surface area contributed by atoms with Gasteiger partial charge in [0.05, 0.1) is 6.10 Å². The zero-order chi connectivity index (χ0) is 13.4. The molecule has 2 aromatic carbocycles. The molecule has 3 nitrogen and oxygen atoms in total. The van der Waals surface area contributed by atoms with Crippen molar-refractivity contribution < 1.29 is 10.2 Å². The number of phenolic OH excluding ortho intramolecular Hbond substituents is 1. The normalized spacial score (nSPS) is 15.4. The number of nitrogens with zero attached hydrogens (tertiary/aromatic N) is 1. The number of rotatable bonds is 2. The van der Waals surface area contributed by atoms with Gasteiger partial charge in [0, 0.05) is 29.5 Å². The van der Waals surface area contributed by atoms with Gasteiger partial charge in [-0.15, -0.1) is 0 Å². The summed E-state index contributed by atoms with van der Waals surface area (Å²) >= 11 is 0. The van der Waals surface area contributed by atoms with Crippen LogP contribution in [0.3, 0.4) is 0 Å². The van der Waals surface area contributed by atoms with Crippen LogP contribution in [0.4, 0.5) is 11.4 Å². The first-order valence-corrected chi connectivity index (χ1v) is 6.53. The Labute approximate surface area is 112 Å². The molecule has 0 aromatic heterocycles. The van der Waals surface area contributed by atoms with Crippen molar-refractivity contribution in [1.82, 2.24) is 0 Å². The first kappa shape index (κ1) is 12.1. The summed E-state index contributed by atoms with van der Waals surface area (Å²) in [6, 6.07) is 13.8. The smallest absolute Gasteiger partial charge is 0.123 e. The van der Waals surface area contributed by atoms with Crippen molar-refractivity contribution in [2.24, 2.45) is 0 Å². The third-order valence-electron chi connectivity index (χ3n) is 3.66. The van der Waals surface area contributed by atoms with Crippen molar-refractivity contribution in [3.63, 3.8) is 0 Å². The predicted molar refractivity (Wildman–Crippen MR) is 75.9 cm³/mol. The summed E-state index contributed by atoms with van der Waals surface area (Å²) < 4.78 is 0. The van der Waals surface area contributed by atoms with Gasteiger partial charge in [-0.3, -0.25) is 0 Å². The van der Waals surface area contributed by atoms with Crippen LogP contribution in [0.2, 0.25) is 0 Å².